The zero-order chi connectivity index (χ0) is 11.5. The summed E-state index contributed by atoms with van der Waals surface area (Å²) in [5.74, 6) is 0.134. The molecule has 1 aliphatic rings. The van der Waals surface area contributed by atoms with Gasteiger partial charge in [-0.2, -0.15) is 0 Å². The lowest BCUT2D eigenvalue weighted by Crippen LogP contribution is -2.16. The van der Waals surface area contributed by atoms with Crippen LogP contribution in [0.2, 0.25) is 0 Å². The Balaban J connectivity index is 2.17. The van der Waals surface area contributed by atoms with E-state index < -0.39 is 0 Å². The first-order chi connectivity index (χ1) is 7.68. The van der Waals surface area contributed by atoms with Crippen molar-refractivity contribution in [1.29, 1.82) is 5.41 Å². The van der Waals surface area contributed by atoms with Crippen molar-refractivity contribution >= 4 is 17.6 Å². The van der Waals surface area contributed by atoms with Gasteiger partial charge in [0.25, 0.3) is 0 Å². The summed E-state index contributed by atoms with van der Waals surface area (Å²) < 4.78 is 5.53. The fourth-order valence-corrected chi connectivity index (χ4v) is 3.09. The molecule has 16 heavy (non-hydrogen) atoms. The summed E-state index contributed by atoms with van der Waals surface area (Å²) in [6, 6.07) is 7.81. The Kier molecular flexibility index (Phi) is 3.51. The van der Waals surface area contributed by atoms with Gasteiger partial charge in [-0.15, -0.1) is 11.8 Å². The Hall–Kier alpha value is -1.00. The number of hydrogen-bond acceptors (Lipinski definition) is 3. The van der Waals surface area contributed by atoms with Gasteiger partial charge in [0.15, 0.2) is 0 Å². The second-order valence-corrected chi connectivity index (χ2v) is 5.21. The van der Waals surface area contributed by atoms with Crippen LogP contribution in [0, 0.1) is 5.41 Å². The zero-order valence-corrected chi connectivity index (χ0v) is 10.1. The lowest BCUT2D eigenvalue weighted by Gasteiger charge is -2.15. The molecule has 1 fully saturated rings. The van der Waals surface area contributed by atoms with Crippen molar-refractivity contribution in [2.45, 2.75) is 29.6 Å². The molecule has 1 aromatic rings. The van der Waals surface area contributed by atoms with E-state index in [1.165, 1.54) is 0 Å². The van der Waals surface area contributed by atoms with E-state index in [2.05, 4.69) is 6.92 Å². The number of nitrogen functional groups attached to an aromatic ring is 1. The van der Waals surface area contributed by atoms with Crippen LogP contribution < -0.4 is 5.73 Å². The number of benzene rings is 1. The first-order valence-corrected chi connectivity index (χ1v) is 6.28. The van der Waals surface area contributed by atoms with Crippen LogP contribution in [-0.4, -0.2) is 23.8 Å². The number of nitrogens with two attached hydrogens (primary N) is 1. The van der Waals surface area contributed by atoms with Crippen LogP contribution in [0.5, 0.6) is 0 Å². The molecule has 3 N–H and O–H groups in total. The highest BCUT2D eigenvalue weighted by atomic mass is 32.2. The van der Waals surface area contributed by atoms with Crippen molar-refractivity contribution < 1.29 is 4.74 Å². The van der Waals surface area contributed by atoms with E-state index >= 15 is 0 Å². The molecule has 3 nitrogen and oxygen atoms in total. The molecule has 1 aliphatic heterocycles. The maximum absolute atomic E-state index is 7.53. The maximum Gasteiger partial charge on any atom is 0.123 e. The van der Waals surface area contributed by atoms with E-state index in [9.17, 15) is 0 Å². The van der Waals surface area contributed by atoms with Gasteiger partial charge in [-0.05, 0) is 19.4 Å². The lowest BCUT2D eigenvalue weighted by atomic mass is 10.2. The summed E-state index contributed by atoms with van der Waals surface area (Å²) in [6.07, 6.45) is 1.35. The van der Waals surface area contributed by atoms with Crippen molar-refractivity contribution in [3.8, 4) is 0 Å². The van der Waals surface area contributed by atoms with E-state index in [0.29, 0.717) is 5.25 Å². The summed E-state index contributed by atoms with van der Waals surface area (Å²) in [4.78, 5) is 1.08. The van der Waals surface area contributed by atoms with Crippen LogP contribution >= 0.6 is 11.8 Å². The van der Waals surface area contributed by atoms with Crippen LogP contribution in [0.1, 0.15) is 18.9 Å². The molecule has 1 heterocycles. The first-order valence-electron chi connectivity index (χ1n) is 5.40. The third kappa shape index (κ3) is 2.39. The highest BCUT2D eigenvalue weighted by molar-refractivity contribution is 8.00. The smallest absolute Gasteiger partial charge is 0.123 e. The summed E-state index contributed by atoms with van der Waals surface area (Å²) >= 11 is 1.77. The fourth-order valence-electron chi connectivity index (χ4n) is 1.82. The third-order valence-electron chi connectivity index (χ3n) is 2.76. The molecule has 0 aromatic heterocycles. The summed E-state index contributed by atoms with van der Waals surface area (Å²) in [6.45, 7) is 2.93. The molecule has 1 aromatic carbocycles. The van der Waals surface area contributed by atoms with E-state index in [4.69, 9.17) is 15.9 Å². The Morgan fingerprint density at radius 1 is 1.50 bits per heavy atom. The maximum atomic E-state index is 7.53. The minimum atomic E-state index is 0.134. The fraction of sp³-hybridized carbons (Fsp3) is 0.417. The summed E-state index contributed by atoms with van der Waals surface area (Å²) in [5, 5.41) is 8.01. The number of thioether (sulfide) groups is 1. The number of hydrogen-bond donors (Lipinski definition) is 2. The van der Waals surface area contributed by atoms with Crippen LogP contribution in [0.25, 0.3) is 0 Å². The van der Waals surface area contributed by atoms with E-state index in [-0.39, 0.29) is 11.9 Å². The van der Waals surface area contributed by atoms with Gasteiger partial charge in [-0.3, -0.25) is 5.41 Å². The van der Waals surface area contributed by atoms with Crippen LogP contribution in [0.4, 0.5) is 0 Å². The molecule has 0 aliphatic carbocycles. The number of ether oxygens (including phenoxy) is 1. The Morgan fingerprint density at radius 3 is 2.88 bits per heavy atom. The Labute approximate surface area is 99.9 Å². The second-order valence-electron chi connectivity index (χ2n) is 3.93. The van der Waals surface area contributed by atoms with Crippen molar-refractivity contribution in [1.82, 2.24) is 0 Å². The molecule has 0 bridgehead atoms. The highest BCUT2D eigenvalue weighted by Gasteiger charge is 2.25. The SMILES string of the molecule is CC1OCCC1Sc1ccccc1C(=N)N. The van der Waals surface area contributed by atoms with Crippen molar-refractivity contribution in [2.75, 3.05) is 6.61 Å². The van der Waals surface area contributed by atoms with Gasteiger partial charge in [0.05, 0.1) is 6.10 Å². The topological polar surface area (TPSA) is 59.1 Å². The summed E-state index contributed by atoms with van der Waals surface area (Å²) in [5.41, 5.74) is 6.39. The predicted octanol–water partition coefficient (Wildman–Crippen LogP) is 2.24. The molecule has 2 rings (SSSR count). The normalized spacial score (nSPS) is 24.6. The quantitative estimate of drug-likeness (QED) is 0.625. The molecule has 4 heteroatoms. The van der Waals surface area contributed by atoms with Gasteiger partial charge in [0.2, 0.25) is 0 Å². The second kappa shape index (κ2) is 4.89. The van der Waals surface area contributed by atoms with Crippen LogP contribution in [0.15, 0.2) is 29.2 Å². The molecule has 86 valence electrons. The van der Waals surface area contributed by atoms with E-state index in [1.54, 1.807) is 11.8 Å². The first kappa shape index (κ1) is 11.5. The minimum absolute atomic E-state index is 0.134. The van der Waals surface area contributed by atoms with Crippen LogP contribution in [0.3, 0.4) is 0 Å². The van der Waals surface area contributed by atoms with Crippen molar-refractivity contribution in [2.24, 2.45) is 5.73 Å². The van der Waals surface area contributed by atoms with Crippen LogP contribution in [-0.2, 0) is 4.74 Å². The Bertz CT molecular complexity index is 394. The molecular weight excluding hydrogens is 220 g/mol. The van der Waals surface area contributed by atoms with Crippen molar-refractivity contribution in [3.05, 3.63) is 29.8 Å². The lowest BCUT2D eigenvalue weighted by molar-refractivity contribution is 0.127. The molecule has 0 spiro atoms. The van der Waals surface area contributed by atoms with Gasteiger partial charge >= 0.3 is 0 Å². The van der Waals surface area contributed by atoms with Gasteiger partial charge < -0.3 is 10.5 Å². The molecular formula is C12H16N2OS. The standard InChI is InChI=1S/C12H16N2OS/c1-8-10(6-7-15-8)16-11-5-3-2-4-9(11)12(13)14/h2-5,8,10H,6-7H2,1H3,(H3,13,14). The van der Waals surface area contributed by atoms with Gasteiger partial charge in [-0.25, -0.2) is 0 Å². The summed E-state index contributed by atoms with van der Waals surface area (Å²) in [7, 11) is 0. The zero-order valence-electron chi connectivity index (χ0n) is 9.27. The molecule has 0 amide bonds. The van der Waals surface area contributed by atoms with Gasteiger partial charge in [0.1, 0.15) is 5.84 Å². The average molecular weight is 236 g/mol. The number of amidine groups is 1. The Morgan fingerprint density at radius 2 is 2.25 bits per heavy atom. The molecule has 2 unspecified atom stereocenters. The molecule has 0 saturated carbocycles. The third-order valence-corrected chi connectivity index (χ3v) is 4.29. The van der Waals surface area contributed by atoms with Gasteiger partial charge in [-0.1, -0.05) is 18.2 Å². The van der Waals surface area contributed by atoms with E-state index in [0.717, 1.165) is 23.5 Å². The van der Waals surface area contributed by atoms with E-state index in [1.807, 2.05) is 24.3 Å². The molecule has 2 atom stereocenters. The predicted molar refractivity (Wildman–Crippen MR) is 67.1 cm³/mol. The minimum Gasteiger partial charge on any atom is -0.384 e. The largest absolute Gasteiger partial charge is 0.384 e. The monoisotopic (exact) mass is 236 g/mol. The van der Waals surface area contributed by atoms with Crippen molar-refractivity contribution in [3.63, 3.8) is 0 Å². The highest BCUT2D eigenvalue weighted by Crippen LogP contribution is 2.34. The molecule has 1 saturated heterocycles. The number of rotatable bonds is 3. The molecule has 0 radical (unpaired) electrons. The number of nitrogens with one attached hydrogen (secondary N) is 1. The van der Waals surface area contributed by atoms with Gasteiger partial charge in [0, 0.05) is 22.3 Å². The average Bonchev–Trinajstić information content (AvgIpc) is 2.65.